The van der Waals surface area contributed by atoms with E-state index in [0.717, 1.165) is 13.2 Å². The molecule has 2 heterocycles. The SMILES string of the molecule is CN1CCO[B-]12OCCO2. The molecule has 0 amide bonds. The second-order valence-electron chi connectivity index (χ2n) is 2.70. The highest BCUT2D eigenvalue weighted by Gasteiger charge is 2.41. The third kappa shape index (κ3) is 0.785. The van der Waals surface area contributed by atoms with Gasteiger partial charge in [-0.15, -0.1) is 0 Å². The Morgan fingerprint density at radius 3 is 2.20 bits per heavy atom. The molecule has 2 rings (SSSR count). The molecule has 5 heteroatoms. The first kappa shape index (κ1) is 6.60. The quantitative estimate of drug-likeness (QED) is 0.426. The predicted octanol–water partition coefficient (Wildman–Crippen LogP) is -0.569. The molecule has 0 aromatic carbocycles. The fourth-order valence-electron chi connectivity index (χ4n) is 1.42. The van der Waals surface area contributed by atoms with Crippen molar-refractivity contribution in [3.05, 3.63) is 0 Å². The van der Waals surface area contributed by atoms with E-state index < -0.39 is 6.89 Å². The van der Waals surface area contributed by atoms with Gasteiger partial charge in [0.2, 0.25) is 0 Å². The lowest BCUT2D eigenvalue weighted by molar-refractivity contribution is 0.149. The first-order valence-electron chi connectivity index (χ1n) is 3.59. The first-order chi connectivity index (χ1) is 4.83. The van der Waals surface area contributed by atoms with E-state index in [-0.39, 0.29) is 0 Å². The Bertz CT molecular complexity index is 131. The van der Waals surface area contributed by atoms with Crippen molar-refractivity contribution in [2.45, 2.75) is 0 Å². The maximum Gasteiger partial charge on any atom is 0.463 e. The molecule has 0 N–H and O–H groups in total. The van der Waals surface area contributed by atoms with Crippen molar-refractivity contribution in [2.24, 2.45) is 0 Å². The molecule has 2 aliphatic heterocycles. The van der Waals surface area contributed by atoms with Crippen LogP contribution < -0.4 is 0 Å². The number of hydrogen-bond donors (Lipinski definition) is 0. The van der Waals surface area contributed by atoms with Gasteiger partial charge in [0, 0.05) is 19.8 Å². The molecule has 10 heavy (non-hydrogen) atoms. The Morgan fingerprint density at radius 1 is 1.10 bits per heavy atom. The van der Waals surface area contributed by atoms with E-state index in [0.29, 0.717) is 13.2 Å². The van der Waals surface area contributed by atoms with Crippen LogP contribution in [-0.2, 0) is 14.0 Å². The summed E-state index contributed by atoms with van der Waals surface area (Å²) in [6, 6.07) is 0. The lowest BCUT2D eigenvalue weighted by Crippen LogP contribution is -2.50. The Hall–Kier alpha value is -0.0951. The number of rotatable bonds is 0. The van der Waals surface area contributed by atoms with Gasteiger partial charge >= 0.3 is 6.89 Å². The van der Waals surface area contributed by atoms with Gasteiger partial charge in [-0.3, -0.25) is 0 Å². The summed E-state index contributed by atoms with van der Waals surface area (Å²) in [7, 11) is 1.96. The molecule has 4 nitrogen and oxygen atoms in total. The average molecular weight is 144 g/mol. The summed E-state index contributed by atoms with van der Waals surface area (Å²) in [5.41, 5.74) is 0. The van der Waals surface area contributed by atoms with Crippen molar-refractivity contribution in [1.29, 1.82) is 0 Å². The minimum absolute atomic E-state index is 0.657. The van der Waals surface area contributed by atoms with Gasteiger partial charge in [-0.25, -0.2) is 0 Å². The zero-order valence-electron chi connectivity index (χ0n) is 6.08. The van der Waals surface area contributed by atoms with Gasteiger partial charge in [-0.2, -0.15) is 0 Å². The highest BCUT2D eigenvalue weighted by molar-refractivity contribution is 6.58. The van der Waals surface area contributed by atoms with Crippen LogP contribution in [0.2, 0.25) is 0 Å². The fourth-order valence-corrected chi connectivity index (χ4v) is 1.42. The van der Waals surface area contributed by atoms with E-state index in [1.165, 1.54) is 0 Å². The minimum atomic E-state index is -1.46. The third-order valence-electron chi connectivity index (χ3n) is 2.05. The Balaban J connectivity index is 2.11. The summed E-state index contributed by atoms with van der Waals surface area (Å²) < 4.78 is 16.1. The molecule has 0 atom stereocenters. The average Bonchev–Trinajstić information content (AvgIpc) is 2.48. The highest BCUT2D eigenvalue weighted by Crippen LogP contribution is 2.22. The van der Waals surface area contributed by atoms with Crippen molar-refractivity contribution in [3.8, 4) is 0 Å². The summed E-state index contributed by atoms with van der Waals surface area (Å²) >= 11 is 0. The van der Waals surface area contributed by atoms with E-state index in [2.05, 4.69) is 0 Å². The summed E-state index contributed by atoms with van der Waals surface area (Å²) in [4.78, 5) is 1.99. The Kier molecular flexibility index (Phi) is 1.45. The van der Waals surface area contributed by atoms with Crippen molar-refractivity contribution < 1.29 is 14.0 Å². The summed E-state index contributed by atoms with van der Waals surface area (Å²) in [6.45, 7) is 1.48. The Labute approximate surface area is 60.1 Å². The van der Waals surface area contributed by atoms with Crippen LogP contribution in [0, 0.1) is 0 Å². The number of likely N-dealkylation sites (N-methyl/N-ethyl adjacent to an activating group) is 1. The maximum absolute atomic E-state index is 5.36. The fraction of sp³-hybridized carbons (Fsp3) is 1.00. The van der Waals surface area contributed by atoms with Crippen molar-refractivity contribution in [2.75, 3.05) is 33.4 Å². The largest absolute Gasteiger partial charge is 0.529 e. The second kappa shape index (κ2) is 2.20. The summed E-state index contributed by atoms with van der Waals surface area (Å²) in [6.07, 6.45) is 0. The van der Waals surface area contributed by atoms with Gasteiger partial charge < -0.3 is 18.8 Å². The molecule has 0 bridgehead atoms. The zero-order chi connectivity index (χ0) is 7.03. The van der Waals surface area contributed by atoms with Crippen LogP contribution in [0.15, 0.2) is 0 Å². The molecule has 2 fully saturated rings. The van der Waals surface area contributed by atoms with E-state index in [1.54, 1.807) is 0 Å². The van der Waals surface area contributed by atoms with Crippen molar-refractivity contribution >= 4 is 6.89 Å². The van der Waals surface area contributed by atoms with Crippen LogP contribution in [0.4, 0.5) is 0 Å². The molecule has 2 saturated heterocycles. The van der Waals surface area contributed by atoms with Crippen LogP contribution in [0.25, 0.3) is 0 Å². The Morgan fingerprint density at radius 2 is 1.70 bits per heavy atom. The monoisotopic (exact) mass is 144 g/mol. The predicted molar refractivity (Wildman–Crippen MR) is 36.2 cm³/mol. The van der Waals surface area contributed by atoms with Crippen LogP contribution >= 0.6 is 0 Å². The van der Waals surface area contributed by atoms with Gasteiger partial charge in [0.1, 0.15) is 0 Å². The third-order valence-corrected chi connectivity index (χ3v) is 2.05. The van der Waals surface area contributed by atoms with Crippen LogP contribution in [0.5, 0.6) is 0 Å². The molecule has 1 spiro atoms. The van der Waals surface area contributed by atoms with E-state index in [4.69, 9.17) is 14.0 Å². The normalized spacial score (nSPS) is 32.1. The molecule has 0 radical (unpaired) electrons. The minimum Gasteiger partial charge on any atom is -0.529 e. The van der Waals surface area contributed by atoms with Gasteiger partial charge in [0.15, 0.2) is 0 Å². The molecule has 0 aliphatic carbocycles. The van der Waals surface area contributed by atoms with Gasteiger partial charge in [-0.05, 0) is 13.6 Å². The van der Waals surface area contributed by atoms with Crippen molar-refractivity contribution in [3.63, 3.8) is 0 Å². The molecular weight excluding hydrogens is 133 g/mol. The molecule has 0 aromatic rings. The molecule has 0 aromatic heterocycles. The standard InChI is InChI=1S/C5H11BNO3/c1-7-2-3-8-6(7)9-4-5-10-6/h2-5H2,1H3/q-1. The van der Waals surface area contributed by atoms with Crippen LogP contribution in [0.3, 0.4) is 0 Å². The molecular formula is C5H11BNO3-. The lowest BCUT2D eigenvalue weighted by Gasteiger charge is -2.34. The topological polar surface area (TPSA) is 30.9 Å². The van der Waals surface area contributed by atoms with Crippen LogP contribution in [-0.4, -0.2) is 45.1 Å². The van der Waals surface area contributed by atoms with E-state index in [1.807, 2.05) is 11.9 Å². The number of nitrogens with zero attached hydrogens (tertiary/aromatic N) is 1. The smallest absolute Gasteiger partial charge is 0.463 e. The van der Waals surface area contributed by atoms with E-state index >= 15 is 0 Å². The maximum atomic E-state index is 5.36. The van der Waals surface area contributed by atoms with E-state index in [9.17, 15) is 0 Å². The summed E-state index contributed by atoms with van der Waals surface area (Å²) in [5, 5.41) is 0. The van der Waals surface area contributed by atoms with Gasteiger partial charge in [0.25, 0.3) is 0 Å². The van der Waals surface area contributed by atoms with Gasteiger partial charge in [0.05, 0.1) is 0 Å². The van der Waals surface area contributed by atoms with Crippen molar-refractivity contribution in [1.82, 2.24) is 4.81 Å². The van der Waals surface area contributed by atoms with Crippen LogP contribution in [0.1, 0.15) is 0 Å². The lowest BCUT2D eigenvalue weighted by atomic mass is 9.97. The second-order valence-corrected chi connectivity index (χ2v) is 2.70. The number of hydrogen-bond acceptors (Lipinski definition) is 4. The highest BCUT2D eigenvalue weighted by atomic mass is 16.8. The first-order valence-corrected chi connectivity index (χ1v) is 3.59. The summed E-state index contributed by atoms with van der Waals surface area (Å²) in [5.74, 6) is 0. The molecule has 2 aliphatic rings. The van der Waals surface area contributed by atoms with Gasteiger partial charge in [-0.1, -0.05) is 0 Å². The molecule has 0 unspecified atom stereocenters. The zero-order valence-corrected chi connectivity index (χ0v) is 6.08. The molecule has 0 saturated carbocycles. The molecule has 58 valence electrons.